The summed E-state index contributed by atoms with van der Waals surface area (Å²) in [6, 6.07) is 20.8. The van der Waals surface area contributed by atoms with Crippen LogP contribution in [0.5, 0.6) is 11.5 Å². The Morgan fingerprint density at radius 2 is 1.76 bits per heavy atom. The molecule has 0 saturated carbocycles. The zero-order chi connectivity index (χ0) is 35.5. The molecule has 0 aliphatic carbocycles. The van der Waals surface area contributed by atoms with Crippen LogP contribution in [0.15, 0.2) is 72.4 Å². The highest BCUT2D eigenvalue weighted by Crippen LogP contribution is 2.37. The molecule has 0 radical (unpaired) electrons. The van der Waals surface area contributed by atoms with Crippen LogP contribution in [0.25, 0.3) is 16.5 Å². The van der Waals surface area contributed by atoms with Crippen LogP contribution in [-0.2, 0) is 20.9 Å². The smallest absolute Gasteiger partial charge is 0.341 e. The normalized spacial score (nSPS) is 17.0. The van der Waals surface area contributed by atoms with Crippen molar-refractivity contribution < 1.29 is 23.7 Å². The van der Waals surface area contributed by atoms with Crippen LogP contribution in [0, 0.1) is 0 Å². The van der Waals surface area contributed by atoms with E-state index < -0.39 is 14.0 Å². The molecule has 0 bridgehead atoms. The highest BCUT2D eigenvalue weighted by Gasteiger charge is 2.30. The van der Waals surface area contributed by atoms with Crippen molar-refractivity contribution in [2.24, 2.45) is 0 Å². The first-order valence-electron chi connectivity index (χ1n) is 17.4. The molecule has 0 amide bonds. The molecule has 1 fully saturated rings. The summed E-state index contributed by atoms with van der Waals surface area (Å²) in [6.45, 7) is 17.4. The van der Waals surface area contributed by atoms with Crippen LogP contribution in [-0.4, -0.2) is 87.4 Å². The quantitative estimate of drug-likeness (QED) is 0.0823. The SMILES string of the molecule is COC(=O)c1ccc(N2CCN(CC3=C(c4ccc(Cl)cc4)CC(C)(C)OC3)CC2)cc1Oc1cccc2c1cnn2COCC[Si](C)(C)C. The topological polar surface area (TPSA) is 78.3 Å². The lowest BCUT2D eigenvalue weighted by Gasteiger charge is -2.39. The minimum atomic E-state index is -1.18. The van der Waals surface area contributed by atoms with E-state index in [4.69, 9.17) is 30.5 Å². The summed E-state index contributed by atoms with van der Waals surface area (Å²) in [4.78, 5) is 17.7. The Labute approximate surface area is 301 Å². The van der Waals surface area contributed by atoms with Crippen molar-refractivity contribution in [3.8, 4) is 11.5 Å². The second-order valence-corrected chi connectivity index (χ2v) is 21.1. The minimum absolute atomic E-state index is 0.208. The zero-order valence-electron chi connectivity index (χ0n) is 30.1. The molecule has 2 aliphatic rings. The Bertz CT molecular complexity index is 1840. The molecule has 11 heteroatoms. The van der Waals surface area contributed by atoms with Gasteiger partial charge in [0.1, 0.15) is 23.8 Å². The molecule has 0 spiro atoms. The first kappa shape index (κ1) is 36.1. The number of nitrogens with zero attached hydrogens (tertiary/aromatic N) is 4. The van der Waals surface area contributed by atoms with E-state index in [1.54, 1.807) is 12.3 Å². The number of carbonyl (C=O) groups excluding carboxylic acids is 1. The summed E-state index contributed by atoms with van der Waals surface area (Å²) in [5.41, 5.74) is 5.96. The van der Waals surface area contributed by atoms with Crippen LogP contribution in [0.2, 0.25) is 30.7 Å². The summed E-state index contributed by atoms with van der Waals surface area (Å²) >= 11 is 6.21. The van der Waals surface area contributed by atoms with Gasteiger partial charge in [0.15, 0.2) is 0 Å². The molecule has 0 N–H and O–H groups in total. The first-order valence-corrected chi connectivity index (χ1v) is 21.5. The molecule has 6 rings (SSSR count). The van der Waals surface area contributed by atoms with Crippen molar-refractivity contribution in [3.63, 3.8) is 0 Å². The Balaban J connectivity index is 1.16. The van der Waals surface area contributed by atoms with E-state index in [2.05, 4.69) is 60.5 Å². The number of hydrogen-bond acceptors (Lipinski definition) is 8. The first-order chi connectivity index (χ1) is 23.9. The van der Waals surface area contributed by atoms with Gasteiger partial charge in [-0.05, 0) is 73.0 Å². The lowest BCUT2D eigenvalue weighted by Crippen LogP contribution is -2.47. The molecule has 1 aromatic heterocycles. The number of ether oxygens (including phenoxy) is 4. The number of anilines is 1. The molecule has 1 saturated heterocycles. The Kier molecular flexibility index (Phi) is 11.0. The summed E-state index contributed by atoms with van der Waals surface area (Å²) in [7, 11) is 0.205. The van der Waals surface area contributed by atoms with E-state index >= 15 is 0 Å². The van der Waals surface area contributed by atoms with E-state index in [1.807, 2.05) is 47.1 Å². The van der Waals surface area contributed by atoms with Gasteiger partial charge in [-0.25, -0.2) is 9.48 Å². The second-order valence-electron chi connectivity index (χ2n) is 15.0. The van der Waals surface area contributed by atoms with E-state index in [-0.39, 0.29) is 5.60 Å². The molecule has 9 nitrogen and oxygen atoms in total. The maximum absolute atomic E-state index is 12.8. The third kappa shape index (κ3) is 8.78. The zero-order valence-corrected chi connectivity index (χ0v) is 31.9. The van der Waals surface area contributed by atoms with Gasteiger partial charge < -0.3 is 23.8 Å². The molecule has 50 heavy (non-hydrogen) atoms. The largest absolute Gasteiger partial charge is 0.465 e. The van der Waals surface area contributed by atoms with Gasteiger partial charge in [0.2, 0.25) is 0 Å². The fourth-order valence-corrected chi connectivity index (χ4v) is 7.37. The third-order valence-electron chi connectivity index (χ3n) is 9.46. The van der Waals surface area contributed by atoms with Crippen molar-refractivity contribution in [1.82, 2.24) is 14.7 Å². The third-order valence-corrected chi connectivity index (χ3v) is 11.4. The number of halogens is 1. The van der Waals surface area contributed by atoms with Gasteiger partial charge in [0.05, 0.1) is 36.4 Å². The number of aromatic nitrogens is 2. The predicted octanol–water partition coefficient (Wildman–Crippen LogP) is 8.36. The fraction of sp³-hybridized carbons (Fsp3) is 0.436. The summed E-state index contributed by atoms with van der Waals surface area (Å²) in [5, 5.41) is 6.17. The standard InChI is InChI=1S/C39H49ClN4O5Si/c1-39(2)23-33(28-10-12-30(40)13-11-28)29(26-48-39)25-42-16-18-43(19-17-42)31-14-15-32(38(45)46-3)37(22-31)49-36-9-7-8-35-34(36)24-41-44(35)27-47-20-21-50(4,5)6/h7-15,22,24H,16-21,23,25-27H2,1-6H3. The van der Waals surface area contributed by atoms with Crippen LogP contribution < -0.4 is 9.64 Å². The maximum atomic E-state index is 12.8. The predicted molar refractivity (Wildman–Crippen MR) is 203 cm³/mol. The lowest BCUT2D eigenvalue weighted by atomic mass is 9.87. The molecule has 0 atom stereocenters. The van der Waals surface area contributed by atoms with Gasteiger partial charge in [0.25, 0.3) is 0 Å². The number of hydrogen-bond donors (Lipinski definition) is 0. The monoisotopic (exact) mass is 716 g/mol. The Hall–Kier alpha value is -3.67. The van der Waals surface area contributed by atoms with Gasteiger partial charge in [-0.2, -0.15) is 5.10 Å². The molecular weight excluding hydrogens is 668 g/mol. The summed E-state index contributed by atoms with van der Waals surface area (Å²) in [5.74, 6) is 0.617. The number of rotatable bonds is 12. The lowest BCUT2D eigenvalue weighted by molar-refractivity contribution is -0.0101. The average molecular weight is 717 g/mol. The second kappa shape index (κ2) is 15.3. The highest BCUT2D eigenvalue weighted by atomic mass is 35.5. The average Bonchev–Trinajstić information content (AvgIpc) is 3.51. The van der Waals surface area contributed by atoms with Gasteiger partial charge in [-0.15, -0.1) is 0 Å². The molecule has 0 unspecified atom stereocenters. The Morgan fingerprint density at radius 3 is 2.48 bits per heavy atom. The van der Waals surface area contributed by atoms with Crippen molar-refractivity contribution in [1.29, 1.82) is 0 Å². The van der Waals surface area contributed by atoms with Crippen LogP contribution >= 0.6 is 11.6 Å². The highest BCUT2D eigenvalue weighted by molar-refractivity contribution is 6.76. The van der Waals surface area contributed by atoms with E-state index in [0.29, 0.717) is 37.0 Å². The maximum Gasteiger partial charge on any atom is 0.341 e. The van der Waals surface area contributed by atoms with Crippen LogP contribution in [0.1, 0.15) is 36.2 Å². The molecule has 3 aromatic carbocycles. The van der Waals surface area contributed by atoms with Gasteiger partial charge >= 0.3 is 5.97 Å². The van der Waals surface area contributed by atoms with Crippen LogP contribution in [0.4, 0.5) is 5.69 Å². The number of benzene rings is 3. The number of piperazine rings is 1. The van der Waals surface area contributed by atoms with Crippen molar-refractivity contribution in [3.05, 3.63) is 88.6 Å². The van der Waals surface area contributed by atoms with Crippen molar-refractivity contribution in [2.45, 2.75) is 58.3 Å². The molecule has 4 aromatic rings. The molecular formula is C39H49ClN4O5Si. The fourth-order valence-electron chi connectivity index (χ4n) is 6.49. The number of methoxy groups -OCH3 is 1. The van der Waals surface area contributed by atoms with Crippen molar-refractivity contribution >= 4 is 47.8 Å². The molecule has 2 aliphatic heterocycles. The molecule has 3 heterocycles. The number of esters is 1. The van der Waals surface area contributed by atoms with Gasteiger partial charge in [-0.1, -0.05) is 49.4 Å². The Morgan fingerprint density at radius 1 is 1.00 bits per heavy atom. The summed E-state index contributed by atoms with van der Waals surface area (Å²) < 4.78 is 25.7. The van der Waals surface area contributed by atoms with Crippen molar-refractivity contribution in [2.75, 3.05) is 57.9 Å². The van der Waals surface area contributed by atoms with E-state index in [0.717, 1.165) is 66.8 Å². The van der Waals surface area contributed by atoms with E-state index in [1.165, 1.54) is 23.8 Å². The minimum Gasteiger partial charge on any atom is -0.465 e. The number of carbonyl (C=O) groups is 1. The molecule has 266 valence electrons. The van der Waals surface area contributed by atoms with E-state index in [9.17, 15) is 4.79 Å². The van der Waals surface area contributed by atoms with Crippen LogP contribution in [0.3, 0.4) is 0 Å². The number of fused-ring (bicyclic) bond motifs is 1. The summed E-state index contributed by atoms with van der Waals surface area (Å²) in [6.07, 6.45) is 2.65. The van der Waals surface area contributed by atoms with Gasteiger partial charge in [-0.3, -0.25) is 4.90 Å². The van der Waals surface area contributed by atoms with Gasteiger partial charge in [0, 0.05) is 70.6 Å².